The van der Waals surface area contributed by atoms with Crippen molar-refractivity contribution in [3.63, 3.8) is 0 Å². The van der Waals surface area contributed by atoms with Crippen molar-refractivity contribution >= 4 is 44.4 Å². The number of hydrogen-bond donors (Lipinski definition) is 0. The lowest BCUT2D eigenvalue weighted by Crippen LogP contribution is -2.25. The Hall–Kier alpha value is -1.08. The van der Waals surface area contributed by atoms with Gasteiger partial charge in [-0.25, -0.2) is 4.98 Å². The van der Waals surface area contributed by atoms with Crippen LogP contribution in [0.1, 0.15) is 13.3 Å². The predicted molar refractivity (Wildman–Crippen MR) is 77.5 cm³/mol. The Kier molecular flexibility index (Phi) is 4.46. The van der Waals surface area contributed by atoms with E-state index in [9.17, 15) is 9.59 Å². The highest BCUT2D eigenvalue weighted by molar-refractivity contribution is 9.10. The molecule has 5 nitrogen and oxygen atoms in total. The summed E-state index contributed by atoms with van der Waals surface area (Å²) in [6.45, 7) is 2.01. The Morgan fingerprint density at radius 1 is 1.63 bits per heavy atom. The average molecular weight is 345 g/mol. The molecule has 0 N–H and O–H groups in total. The molecule has 1 aromatic heterocycles. The van der Waals surface area contributed by atoms with Gasteiger partial charge in [0.1, 0.15) is 5.69 Å². The molecule has 1 aromatic rings. The monoisotopic (exact) mass is 344 g/mol. The van der Waals surface area contributed by atoms with Crippen LogP contribution in [-0.4, -0.2) is 34.9 Å². The van der Waals surface area contributed by atoms with Crippen molar-refractivity contribution in [3.05, 3.63) is 16.7 Å². The zero-order valence-electron chi connectivity index (χ0n) is 10.6. The Labute approximate surface area is 123 Å². The lowest BCUT2D eigenvalue weighted by molar-refractivity contribution is -0.117. The highest BCUT2D eigenvalue weighted by Gasteiger charge is 2.33. The molecule has 2 rings (SSSR count). The van der Waals surface area contributed by atoms with Gasteiger partial charge >= 0.3 is 0 Å². The van der Waals surface area contributed by atoms with Crippen molar-refractivity contribution < 1.29 is 14.3 Å². The lowest BCUT2D eigenvalue weighted by atomic mass is 10.3. The molecule has 0 aliphatic carbocycles. The van der Waals surface area contributed by atoms with Gasteiger partial charge in [0.2, 0.25) is 11.8 Å². The number of amides is 1. The third-order valence-corrected chi connectivity index (χ3v) is 4.12. The number of pyridine rings is 1. The van der Waals surface area contributed by atoms with Crippen LogP contribution < -0.4 is 9.64 Å². The summed E-state index contributed by atoms with van der Waals surface area (Å²) in [5, 5.41) is 0.0210. The zero-order chi connectivity index (χ0) is 14.0. The molecule has 19 heavy (non-hydrogen) atoms. The Morgan fingerprint density at radius 2 is 2.37 bits per heavy atom. The molecule has 1 saturated heterocycles. The molecule has 0 bridgehead atoms. The summed E-state index contributed by atoms with van der Waals surface area (Å²) in [4.78, 5) is 28.9. The molecule has 1 atom stereocenters. The van der Waals surface area contributed by atoms with E-state index in [2.05, 4.69) is 20.9 Å². The van der Waals surface area contributed by atoms with E-state index in [1.807, 2.05) is 0 Å². The van der Waals surface area contributed by atoms with Crippen LogP contribution in [-0.2, 0) is 9.59 Å². The topological polar surface area (TPSA) is 59.5 Å². The summed E-state index contributed by atoms with van der Waals surface area (Å²) in [6.07, 6.45) is 1.98. The standard InChI is InChI=1S/C12H13BrN2O3S/c1-7(16)19-9-4-11(17)15(6-9)10-3-8(13)5-14-12(10)18-2/h3,5,9H,4,6H2,1-2H3. The number of aromatic nitrogens is 1. The second kappa shape index (κ2) is 5.92. The summed E-state index contributed by atoms with van der Waals surface area (Å²) < 4.78 is 5.95. The minimum atomic E-state index is -0.0167. The Morgan fingerprint density at radius 3 is 3.00 bits per heavy atom. The van der Waals surface area contributed by atoms with Crippen LogP contribution in [0.2, 0.25) is 0 Å². The van der Waals surface area contributed by atoms with Crippen molar-refractivity contribution in [2.24, 2.45) is 0 Å². The first-order valence-corrected chi connectivity index (χ1v) is 7.35. The Balaban J connectivity index is 2.25. The summed E-state index contributed by atoms with van der Waals surface area (Å²) in [5.41, 5.74) is 0.633. The number of nitrogens with zero attached hydrogens (tertiary/aromatic N) is 2. The number of anilines is 1. The van der Waals surface area contributed by atoms with Crippen LogP contribution in [0.3, 0.4) is 0 Å². The Bertz CT molecular complexity index is 524. The third kappa shape index (κ3) is 3.27. The van der Waals surface area contributed by atoms with Crippen LogP contribution in [0, 0.1) is 0 Å². The van der Waals surface area contributed by atoms with Crippen molar-refractivity contribution in [1.29, 1.82) is 0 Å². The van der Waals surface area contributed by atoms with Gasteiger partial charge in [0, 0.05) is 35.8 Å². The SMILES string of the molecule is COc1ncc(Br)cc1N1CC(SC(C)=O)CC1=O. The minimum absolute atomic E-state index is 0.00584. The first-order chi connectivity index (χ1) is 9.01. The van der Waals surface area contributed by atoms with E-state index in [4.69, 9.17) is 4.74 Å². The smallest absolute Gasteiger partial charge is 0.237 e. The van der Waals surface area contributed by atoms with Crippen molar-refractivity contribution in [2.45, 2.75) is 18.6 Å². The molecule has 0 radical (unpaired) electrons. The number of carbonyl (C=O) groups is 2. The van der Waals surface area contributed by atoms with Gasteiger partial charge in [-0.05, 0) is 22.0 Å². The van der Waals surface area contributed by atoms with Crippen LogP contribution in [0.5, 0.6) is 5.88 Å². The van der Waals surface area contributed by atoms with Gasteiger partial charge in [0.05, 0.1) is 7.11 Å². The average Bonchev–Trinajstić information content (AvgIpc) is 2.69. The second-order valence-corrected chi connectivity index (χ2v) is 6.51. The van der Waals surface area contributed by atoms with E-state index in [0.717, 1.165) is 4.47 Å². The maximum Gasteiger partial charge on any atom is 0.237 e. The molecule has 1 amide bonds. The van der Waals surface area contributed by atoms with Gasteiger partial charge in [-0.2, -0.15) is 0 Å². The molecule has 0 aromatic carbocycles. The van der Waals surface area contributed by atoms with E-state index < -0.39 is 0 Å². The van der Waals surface area contributed by atoms with Gasteiger partial charge < -0.3 is 9.64 Å². The third-order valence-electron chi connectivity index (χ3n) is 2.71. The predicted octanol–water partition coefficient (Wildman–Crippen LogP) is 2.24. The maximum absolute atomic E-state index is 12.0. The number of carbonyl (C=O) groups excluding carboxylic acids is 2. The van der Waals surface area contributed by atoms with E-state index >= 15 is 0 Å². The van der Waals surface area contributed by atoms with E-state index in [1.54, 1.807) is 17.2 Å². The molecule has 0 spiro atoms. The second-order valence-electron chi connectivity index (χ2n) is 4.12. The van der Waals surface area contributed by atoms with Crippen LogP contribution in [0.4, 0.5) is 5.69 Å². The number of thioether (sulfide) groups is 1. The molecule has 7 heteroatoms. The normalized spacial score (nSPS) is 18.8. The van der Waals surface area contributed by atoms with E-state index in [0.29, 0.717) is 24.5 Å². The van der Waals surface area contributed by atoms with Crippen molar-refractivity contribution in [3.8, 4) is 5.88 Å². The van der Waals surface area contributed by atoms with Crippen LogP contribution in [0.25, 0.3) is 0 Å². The molecule has 1 aliphatic heterocycles. The fourth-order valence-electron chi connectivity index (χ4n) is 1.99. The van der Waals surface area contributed by atoms with Gasteiger partial charge in [-0.1, -0.05) is 11.8 Å². The first kappa shape index (κ1) is 14.3. The molecule has 1 unspecified atom stereocenters. The van der Waals surface area contributed by atoms with Gasteiger partial charge in [-0.15, -0.1) is 0 Å². The molecule has 1 aliphatic rings. The largest absolute Gasteiger partial charge is 0.480 e. The molecule has 102 valence electrons. The summed E-state index contributed by atoms with van der Waals surface area (Å²) in [6, 6.07) is 1.80. The van der Waals surface area contributed by atoms with Crippen LogP contribution >= 0.6 is 27.7 Å². The number of methoxy groups -OCH3 is 1. The van der Waals surface area contributed by atoms with Crippen LogP contribution in [0.15, 0.2) is 16.7 Å². The van der Waals surface area contributed by atoms with Crippen molar-refractivity contribution in [2.75, 3.05) is 18.6 Å². The van der Waals surface area contributed by atoms with E-state index in [1.165, 1.54) is 25.8 Å². The summed E-state index contributed by atoms with van der Waals surface area (Å²) >= 11 is 4.54. The number of halogens is 1. The fraction of sp³-hybridized carbons (Fsp3) is 0.417. The first-order valence-electron chi connectivity index (χ1n) is 5.68. The molecule has 0 saturated carbocycles. The maximum atomic E-state index is 12.0. The zero-order valence-corrected chi connectivity index (χ0v) is 13.0. The number of ether oxygens (including phenoxy) is 1. The molecule has 1 fully saturated rings. The summed E-state index contributed by atoms with van der Waals surface area (Å²) in [7, 11) is 1.52. The molecule has 2 heterocycles. The highest BCUT2D eigenvalue weighted by atomic mass is 79.9. The van der Waals surface area contributed by atoms with Gasteiger partial charge in [0.15, 0.2) is 5.12 Å². The van der Waals surface area contributed by atoms with Crippen molar-refractivity contribution in [1.82, 2.24) is 4.98 Å². The minimum Gasteiger partial charge on any atom is -0.480 e. The quantitative estimate of drug-likeness (QED) is 0.841. The fourth-order valence-corrected chi connectivity index (χ4v) is 3.23. The van der Waals surface area contributed by atoms with Gasteiger partial charge in [0.25, 0.3) is 0 Å². The highest BCUT2D eigenvalue weighted by Crippen LogP contribution is 2.34. The lowest BCUT2D eigenvalue weighted by Gasteiger charge is -2.18. The number of rotatable bonds is 3. The molecular weight excluding hydrogens is 332 g/mol. The summed E-state index contributed by atoms with van der Waals surface area (Å²) in [5.74, 6) is 0.391. The van der Waals surface area contributed by atoms with Gasteiger partial charge in [-0.3, -0.25) is 9.59 Å². The number of hydrogen-bond acceptors (Lipinski definition) is 5. The molecular formula is C12H13BrN2O3S. The van der Waals surface area contributed by atoms with E-state index in [-0.39, 0.29) is 16.3 Å².